The Bertz CT molecular complexity index is 299. The summed E-state index contributed by atoms with van der Waals surface area (Å²) in [6, 6.07) is 0. The van der Waals surface area contributed by atoms with Crippen LogP contribution in [0.25, 0.3) is 0 Å². The molecule has 0 saturated carbocycles. The molecule has 0 radical (unpaired) electrons. The first-order valence-corrected chi connectivity index (χ1v) is 8.05. The van der Waals surface area contributed by atoms with Crippen LogP contribution in [-0.4, -0.2) is 29.8 Å². The third-order valence-electron chi connectivity index (χ3n) is 2.34. The molecule has 0 aliphatic rings. The van der Waals surface area contributed by atoms with Gasteiger partial charge < -0.3 is 9.63 Å². The van der Waals surface area contributed by atoms with Gasteiger partial charge in [0, 0.05) is 17.9 Å². The Labute approximate surface area is 104 Å². The third kappa shape index (κ3) is 9.13. The zero-order valence-electron chi connectivity index (χ0n) is 10.8. The van der Waals surface area contributed by atoms with Gasteiger partial charge in [0.25, 0.3) is 0 Å². The van der Waals surface area contributed by atoms with Crippen molar-refractivity contribution in [2.75, 3.05) is 18.9 Å². The molecule has 0 rings (SSSR count). The molecule has 0 aromatic heterocycles. The van der Waals surface area contributed by atoms with Gasteiger partial charge in [0.1, 0.15) is 0 Å². The number of hydrogen-bond acceptors (Lipinski definition) is 3. The van der Waals surface area contributed by atoms with Crippen molar-refractivity contribution >= 4 is 13.3 Å². The lowest BCUT2D eigenvalue weighted by molar-refractivity contribution is -0.139. The predicted molar refractivity (Wildman–Crippen MR) is 69.5 cm³/mol. The van der Waals surface area contributed by atoms with E-state index < -0.39 is 13.3 Å². The molecule has 0 aliphatic carbocycles. The highest BCUT2D eigenvalue weighted by molar-refractivity contribution is 7.57. The van der Waals surface area contributed by atoms with Crippen LogP contribution in [0.1, 0.15) is 39.5 Å². The molecule has 0 bridgehead atoms. The first kappa shape index (κ1) is 16.4. The van der Waals surface area contributed by atoms with Gasteiger partial charge in [0.15, 0.2) is 0 Å². The Hall–Kier alpha value is -0.600. The lowest BCUT2D eigenvalue weighted by Crippen LogP contribution is -2.06. The summed E-state index contributed by atoms with van der Waals surface area (Å²) in [5.41, 5.74) is 0.376. The van der Waals surface area contributed by atoms with Gasteiger partial charge in [-0.15, -0.1) is 0 Å². The minimum atomic E-state index is -2.95. The third-order valence-corrected chi connectivity index (χ3v) is 4.37. The molecule has 0 heterocycles. The van der Waals surface area contributed by atoms with Crippen LogP contribution in [0.15, 0.2) is 12.2 Å². The molecule has 4 nitrogen and oxygen atoms in total. The number of rotatable bonds is 9. The summed E-state index contributed by atoms with van der Waals surface area (Å²) in [6.07, 6.45) is 3.67. The average molecular weight is 262 g/mol. The van der Waals surface area contributed by atoms with Crippen molar-refractivity contribution in [1.82, 2.24) is 0 Å². The van der Waals surface area contributed by atoms with Crippen molar-refractivity contribution in [3.63, 3.8) is 0 Å². The van der Waals surface area contributed by atoms with Crippen molar-refractivity contribution in [2.24, 2.45) is 0 Å². The van der Waals surface area contributed by atoms with Crippen molar-refractivity contribution < 1.29 is 19.0 Å². The lowest BCUT2D eigenvalue weighted by Gasteiger charge is -2.10. The second-order valence-corrected chi connectivity index (χ2v) is 6.86. The Morgan fingerprint density at radius 2 is 1.88 bits per heavy atom. The molecule has 0 aliphatic heterocycles. The molecule has 0 fully saturated rings. The van der Waals surface area contributed by atoms with Crippen LogP contribution in [0.5, 0.6) is 0 Å². The van der Waals surface area contributed by atoms with E-state index in [2.05, 4.69) is 6.58 Å². The number of carbonyl (C=O) groups is 1. The monoisotopic (exact) mass is 262 g/mol. The van der Waals surface area contributed by atoms with Crippen molar-refractivity contribution in [2.45, 2.75) is 39.5 Å². The van der Waals surface area contributed by atoms with Gasteiger partial charge in [-0.1, -0.05) is 19.9 Å². The Morgan fingerprint density at radius 3 is 2.41 bits per heavy atom. The number of hydrogen-bond donors (Lipinski definition) is 1. The van der Waals surface area contributed by atoms with Gasteiger partial charge in [0.2, 0.25) is 7.37 Å². The Morgan fingerprint density at radius 1 is 1.29 bits per heavy atom. The Kier molecular flexibility index (Phi) is 8.19. The molecule has 0 aromatic carbocycles. The van der Waals surface area contributed by atoms with Gasteiger partial charge in [-0.3, -0.25) is 4.57 Å². The summed E-state index contributed by atoms with van der Waals surface area (Å²) in [5.74, 6) is -0.400. The summed E-state index contributed by atoms with van der Waals surface area (Å²) >= 11 is 0. The smallest absolute Gasteiger partial charge is 0.333 e. The summed E-state index contributed by atoms with van der Waals surface area (Å²) in [6.45, 7) is 7.35. The molecule has 100 valence electrons. The molecular formula is C12H23O4P. The maximum Gasteiger partial charge on any atom is 0.333 e. The SMILES string of the molecule is C=C(C)C(=O)OCCCCP(=O)(O)CCCC. The topological polar surface area (TPSA) is 63.6 Å². The minimum absolute atomic E-state index is 0.291. The highest BCUT2D eigenvalue weighted by Crippen LogP contribution is 2.42. The number of carbonyl (C=O) groups excluding carboxylic acids is 1. The first-order valence-electron chi connectivity index (χ1n) is 6.02. The lowest BCUT2D eigenvalue weighted by atomic mass is 10.3. The van der Waals surface area contributed by atoms with Gasteiger partial charge >= 0.3 is 5.97 Å². The van der Waals surface area contributed by atoms with Crippen LogP contribution in [0, 0.1) is 0 Å². The molecule has 1 N–H and O–H groups in total. The molecule has 0 saturated heterocycles. The summed E-state index contributed by atoms with van der Waals surface area (Å²) in [4.78, 5) is 20.6. The molecular weight excluding hydrogens is 239 g/mol. The normalized spacial score (nSPS) is 14.1. The highest BCUT2D eigenvalue weighted by Gasteiger charge is 2.16. The molecule has 17 heavy (non-hydrogen) atoms. The molecule has 0 spiro atoms. The zero-order chi connectivity index (χ0) is 13.3. The maximum absolute atomic E-state index is 11.6. The van der Waals surface area contributed by atoms with Crippen LogP contribution in [-0.2, 0) is 14.1 Å². The van der Waals surface area contributed by atoms with Crippen LogP contribution in [0.4, 0.5) is 0 Å². The van der Waals surface area contributed by atoms with E-state index in [-0.39, 0.29) is 0 Å². The molecule has 5 heteroatoms. The molecule has 0 amide bonds. The second kappa shape index (κ2) is 8.48. The van der Waals surface area contributed by atoms with Crippen molar-refractivity contribution in [1.29, 1.82) is 0 Å². The van der Waals surface area contributed by atoms with E-state index in [1.807, 2.05) is 6.92 Å². The van der Waals surface area contributed by atoms with Gasteiger partial charge in [-0.2, -0.15) is 0 Å². The van der Waals surface area contributed by atoms with E-state index >= 15 is 0 Å². The maximum atomic E-state index is 11.6. The van der Waals surface area contributed by atoms with Crippen molar-refractivity contribution in [3.8, 4) is 0 Å². The summed E-state index contributed by atoms with van der Waals surface area (Å²) < 4.78 is 16.5. The van der Waals surface area contributed by atoms with Gasteiger partial charge in [-0.25, -0.2) is 4.79 Å². The number of ether oxygens (including phenoxy) is 1. The van der Waals surface area contributed by atoms with Gasteiger partial charge in [0.05, 0.1) is 6.61 Å². The average Bonchev–Trinajstić information content (AvgIpc) is 2.25. The van der Waals surface area contributed by atoms with E-state index in [1.165, 1.54) is 0 Å². The summed E-state index contributed by atoms with van der Waals surface area (Å²) in [5, 5.41) is 0. The predicted octanol–water partition coefficient (Wildman–Crippen LogP) is 2.96. The zero-order valence-corrected chi connectivity index (χ0v) is 11.7. The molecule has 1 atom stereocenters. The van der Waals surface area contributed by atoms with Crippen molar-refractivity contribution in [3.05, 3.63) is 12.2 Å². The fraction of sp³-hybridized carbons (Fsp3) is 0.750. The second-order valence-electron chi connectivity index (χ2n) is 4.27. The van der Waals surface area contributed by atoms with E-state index in [9.17, 15) is 14.3 Å². The van der Waals surface area contributed by atoms with Crippen LogP contribution >= 0.6 is 7.37 Å². The largest absolute Gasteiger partial charge is 0.462 e. The fourth-order valence-electron chi connectivity index (χ4n) is 1.27. The van der Waals surface area contributed by atoms with Gasteiger partial charge in [-0.05, 0) is 26.2 Å². The standard InChI is InChI=1S/C12H23O4P/c1-4-5-9-17(14,15)10-7-6-8-16-12(13)11(2)3/h2,4-10H2,1,3H3,(H,14,15). The quantitative estimate of drug-likeness (QED) is 0.300. The first-order chi connectivity index (χ1) is 7.89. The number of unbranched alkanes of at least 4 members (excludes halogenated alkanes) is 2. The fourth-order valence-corrected chi connectivity index (χ4v) is 3.02. The molecule has 0 aromatic rings. The van der Waals surface area contributed by atoms with E-state index in [0.717, 1.165) is 12.8 Å². The van der Waals surface area contributed by atoms with Crippen LogP contribution in [0.3, 0.4) is 0 Å². The number of esters is 1. The highest BCUT2D eigenvalue weighted by atomic mass is 31.2. The van der Waals surface area contributed by atoms with E-state index in [4.69, 9.17) is 4.74 Å². The molecule has 1 unspecified atom stereocenters. The summed E-state index contributed by atoms with van der Waals surface area (Å²) in [7, 11) is -2.95. The van der Waals surface area contributed by atoms with Crippen LogP contribution in [0.2, 0.25) is 0 Å². The Balaban J connectivity index is 3.60. The van der Waals surface area contributed by atoms with Crippen LogP contribution < -0.4 is 0 Å². The van der Waals surface area contributed by atoms with E-state index in [1.54, 1.807) is 6.92 Å². The van der Waals surface area contributed by atoms with E-state index in [0.29, 0.717) is 37.3 Å². The minimum Gasteiger partial charge on any atom is -0.462 e.